The van der Waals surface area contributed by atoms with E-state index in [0.29, 0.717) is 29.8 Å². The van der Waals surface area contributed by atoms with Crippen LogP contribution in [-0.4, -0.2) is 49.8 Å². The van der Waals surface area contributed by atoms with Crippen LogP contribution in [0.5, 0.6) is 17.2 Å². The standard InChI is InChI=1S/C31H27F3N2O7/c1-17(2)42-21-11-7-19(8-12-21)35-25-14-13-23(43-22-9-3-18(4-10-22)31(32,33)34)15-24(25)28(29(38)39)26(35)16-27(37)36(30(40)41)20-5-6-20/h3-4,7-15,17,20H,5-6,16H2,1-2H3,(H,38,39)(H,40,41). The van der Waals surface area contributed by atoms with Gasteiger partial charge in [0.2, 0.25) is 5.91 Å². The van der Waals surface area contributed by atoms with E-state index >= 15 is 0 Å². The van der Waals surface area contributed by atoms with Crippen molar-refractivity contribution >= 4 is 28.9 Å². The molecule has 1 saturated carbocycles. The van der Waals surface area contributed by atoms with Gasteiger partial charge in [0, 0.05) is 22.8 Å². The minimum absolute atomic E-state index is 0.0589. The number of hydrogen-bond donors (Lipinski definition) is 2. The number of carboxylic acids is 1. The fourth-order valence-corrected chi connectivity index (χ4v) is 4.91. The minimum Gasteiger partial charge on any atom is -0.491 e. The number of nitrogens with zero attached hydrogens (tertiary/aromatic N) is 2. The molecule has 1 fully saturated rings. The van der Waals surface area contributed by atoms with Crippen LogP contribution in [-0.2, 0) is 17.4 Å². The van der Waals surface area contributed by atoms with Gasteiger partial charge in [0.15, 0.2) is 0 Å². The van der Waals surface area contributed by atoms with Crippen LogP contribution in [0.15, 0.2) is 66.7 Å². The summed E-state index contributed by atoms with van der Waals surface area (Å²) < 4.78 is 51.9. The van der Waals surface area contributed by atoms with Crippen molar-refractivity contribution in [2.75, 3.05) is 0 Å². The molecule has 2 amide bonds. The monoisotopic (exact) mass is 596 g/mol. The highest BCUT2D eigenvalue weighted by molar-refractivity contribution is 6.07. The summed E-state index contributed by atoms with van der Waals surface area (Å²) in [5, 5.41) is 20.2. The van der Waals surface area contributed by atoms with Gasteiger partial charge in [0.05, 0.1) is 29.2 Å². The number of hydrogen-bond acceptors (Lipinski definition) is 5. The van der Waals surface area contributed by atoms with E-state index in [-0.39, 0.29) is 34.2 Å². The molecule has 1 heterocycles. The maximum atomic E-state index is 13.3. The SMILES string of the molecule is CC(C)Oc1ccc(-n2c(CC(=O)N(C(=O)O)C3CC3)c(C(=O)O)c3cc(Oc4ccc(C(F)(F)F)cc4)ccc32)cc1. The Morgan fingerprint density at radius 3 is 2.07 bits per heavy atom. The highest BCUT2D eigenvalue weighted by Crippen LogP contribution is 2.37. The average Bonchev–Trinajstić information content (AvgIpc) is 3.69. The molecule has 4 aromatic rings. The average molecular weight is 597 g/mol. The topological polar surface area (TPSA) is 118 Å². The number of alkyl halides is 3. The van der Waals surface area contributed by atoms with Gasteiger partial charge in [0.1, 0.15) is 17.2 Å². The molecule has 224 valence electrons. The summed E-state index contributed by atoms with van der Waals surface area (Å²) in [5.74, 6) is -1.30. The highest BCUT2D eigenvalue weighted by Gasteiger charge is 2.38. The summed E-state index contributed by atoms with van der Waals surface area (Å²) in [6.45, 7) is 3.74. The van der Waals surface area contributed by atoms with Crippen molar-refractivity contribution in [1.82, 2.24) is 9.47 Å². The lowest BCUT2D eigenvalue weighted by atomic mass is 10.1. The van der Waals surface area contributed by atoms with Crippen LogP contribution in [0.2, 0.25) is 0 Å². The Bertz CT molecular complexity index is 1690. The second-order valence-corrected chi connectivity index (χ2v) is 10.4. The molecule has 0 unspecified atom stereocenters. The molecule has 9 nitrogen and oxygen atoms in total. The predicted octanol–water partition coefficient (Wildman–Crippen LogP) is 7.14. The van der Waals surface area contributed by atoms with Gasteiger partial charge >= 0.3 is 18.2 Å². The van der Waals surface area contributed by atoms with E-state index in [1.807, 2.05) is 13.8 Å². The Morgan fingerprint density at radius 2 is 1.53 bits per heavy atom. The van der Waals surface area contributed by atoms with Crippen molar-refractivity contribution in [1.29, 1.82) is 0 Å². The normalized spacial score (nSPS) is 13.3. The number of fused-ring (bicyclic) bond motifs is 1. The lowest BCUT2D eigenvalue weighted by molar-refractivity contribution is -0.137. The molecule has 1 aliphatic rings. The second-order valence-electron chi connectivity index (χ2n) is 10.4. The quantitative estimate of drug-likeness (QED) is 0.211. The first-order valence-corrected chi connectivity index (χ1v) is 13.4. The van der Waals surface area contributed by atoms with E-state index in [4.69, 9.17) is 9.47 Å². The lowest BCUT2D eigenvalue weighted by Gasteiger charge is -2.18. The summed E-state index contributed by atoms with van der Waals surface area (Å²) in [4.78, 5) is 38.5. The zero-order valence-electron chi connectivity index (χ0n) is 23.1. The molecular weight excluding hydrogens is 569 g/mol. The molecule has 3 aromatic carbocycles. The number of halogens is 3. The Hall–Kier alpha value is -5.00. The third-order valence-electron chi connectivity index (χ3n) is 6.84. The van der Waals surface area contributed by atoms with Crippen molar-refractivity contribution in [2.45, 2.75) is 51.4 Å². The Morgan fingerprint density at radius 1 is 0.930 bits per heavy atom. The van der Waals surface area contributed by atoms with Gasteiger partial charge in [-0.25, -0.2) is 14.5 Å². The summed E-state index contributed by atoms with van der Waals surface area (Å²) in [7, 11) is 0. The van der Waals surface area contributed by atoms with E-state index in [1.165, 1.54) is 12.1 Å². The molecular formula is C31H27F3N2O7. The largest absolute Gasteiger partial charge is 0.491 e. The van der Waals surface area contributed by atoms with E-state index in [0.717, 1.165) is 29.2 Å². The number of rotatable bonds is 9. The number of aromatic nitrogens is 1. The molecule has 0 radical (unpaired) electrons. The highest BCUT2D eigenvalue weighted by atomic mass is 19.4. The van der Waals surface area contributed by atoms with Crippen LogP contribution >= 0.6 is 0 Å². The van der Waals surface area contributed by atoms with Crippen molar-refractivity contribution in [2.24, 2.45) is 0 Å². The Kier molecular flexibility index (Phi) is 7.78. The van der Waals surface area contributed by atoms with Crippen molar-refractivity contribution in [3.63, 3.8) is 0 Å². The molecule has 0 aliphatic heterocycles. The summed E-state index contributed by atoms with van der Waals surface area (Å²) in [6, 6.07) is 14.9. The van der Waals surface area contributed by atoms with E-state index in [2.05, 4.69) is 0 Å². The maximum Gasteiger partial charge on any atom is 0.416 e. The van der Waals surface area contributed by atoms with Gasteiger partial charge in [-0.15, -0.1) is 0 Å². The lowest BCUT2D eigenvalue weighted by Crippen LogP contribution is -2.39. The third kappa shape index (κ3) is 6.27. The molecule has 1 aromatic heterocycles. The van der Waals surface area contributed by atoms with Crippen molar-refractivity contribution < 1.29 is 47.2 Å². The molecule has 5 rings (SSSR count). The van der Waals surface area contributed by atoms with Crippen molar-refractivity contribution in [3.8, 4) is 22.9 Å². The number of carbonyl (C=O) groups is 3. The molecule has 0 saturated heterocycles. The predicted molar refractivity (Wildman–Crippen MR) is 149 cm³/mol. The number of amides is 2. The Balaban J connectivity index is 1.61. The molecule has 12 heteroatoms. The number of imide groups is 1. The number of benzene rings is 3. The molecule has 43 heavy (non-hydrogen) atoms. The van der Waals surface area contributed by atoms with Crippen LogP contribution in [0.25, 0.3) is 16.6 Å². The number of ether oxygens (including phenoxy) is 2. The van der Waals surface area contributed by atoms with Crippen LogP contribution in [0.3, 0.4) is 0 Å². The van der Waals surface area contributed by atoms with Gasteiger partial charge in [-0.2, -0.15) is 13.2 Å². The van der Waals surface area contributed by atoms with Crippen LogP contribution in [0.4, 0.5) is 18.0 Å². The van der Waals surface area contributed by atoms with E-state index in [1.54, 1.807) is 34.9 Å². The first-order chi connectivity index (χ1) is 20.3. The van der Waals surface area contributed by atoms with Crippen LogP contribution < -0.4 is 9.47 Å². The summed E-state index contributed by atoms with van der Waals surface area (Å²) in [5.41, 5.74) is -0.123. The molecule has 2 N–H and O–H groups in total. The maximum absolute atomic E-state index is 13.3. The summed E-state index contributed by atoms with van der Waals surface area (Å²) in [6.07, 6.45) is -5.45. The van der Waals surface area contributed by atoms with E-state index in [9.17, 15) is 37.8 Å². The first kappa shape index (κ1) is 29.5. The number of carboxylic acid groups (broad SMARTS) is 2. The smallest absolute Gasteiger partial charge is 0.416 e. The van der Waals surface area contributed by atoms with Gasteiger partial charge in [0.25, 0.3) is 0 Å². The molecule has 0 bridgehead atoms. The number of aromatic carboxylic acids is 1. The fraction of sp³-hybridized carbons (Fsp3) is 0.258. The zero-order chi connectivity index (χ0) is 31.1. The molecule has 1 aliphatic carbocycles. The van der Waals surface area contributed by atoms with Gasteiger partial charge in [-0.3, -0.25) is 4.79 Å². The van der Waals surface area contributed by atoms with Crippen LogP contribution in [0, 0.1) is 0 Å². The van der Waals surface area contributed by atoms with Gasteiger partial charge < -0.3 is 24.3 Å². The van der Waals surface area contributed by atoms with Crippen LogP contribution in [0.1, 0.15) is 48.3 Å². The fourth-order valence-electron chi connectivity index (χ4n) is 4.91. The second kappa shape index (κ2) is 11.3. The minimum atomic E-state index is -4.51. The Labute approximate surface area is 243 Å². The molecule has 0 spiro atoms. The summed E-state index contributed by atoms with van der Waals surface area (Å²) >= 11 is 0. The van der Waals surface area contributed by atoms with E-state index < -0.39 is 42.2 Å². The van der Waals surface area contributed by atoms with Gasteiger partial charge in [-0.05, 0) is 93.4 Å². The zero-order valence-corrected chi connectivity index (χ0v) is 23.1. The van der Waals surface area contributed by atoms with Gasteiger partial charge in [-0.1, -0.05) is 0 Å². The number of carbonyl (C=O) groups excluding carboxylic acids is 1. The third-order valence-corrected chi connectivity index (χ3v) is 6.84. The van der Waals surface area contributed by atoms with Crippen molar-refractivity contribution in [3.05, 3.63) is 83.6 Å². The first-order valence-electron chi connectivity index (χ1n) is 13.4. The molecule has 0 atom stereocenters.